The van der Waals surface area contributed by atoms with Crippen LogP contribution in [0.4, 0.5) is 0 Å². The largest absolute Gasteiger partial charge is 0.340 e. The van der Waals surface area contributed by atoms with E-state index in [4.69, 9.17) is 0 Å². The third kappa shape index (κ3) is 0.592. The van der Waals surface area contributed by atoms with Crippen molar-refractivity contribution in [3.05, 3.63) is 39.9 Å². The van der Waals surface area contributed by atoms with Gasteiger partial charge < -0.3 is 4.90 Å². The molecule has 0 saturated heterocycles. The average Bonchev–Trinajstić information content (AvgIpc) is 2.62. The Labute approximate surface area is 87.4 Å². The average molecular weight is 201 g/mol. The highest BCUT2D eigenvalue weighted by molar-refractivity contribution is 7.10. The Morgan fingerprint density at radius 1 is 1.57 bits per heavy atom. The predicted octanol–water partition coefficient (Wildman–Crippen LogP) is 3.17. The van der Waals surface area contributed by atoms with E-state index < -0.39 is 0 Å². The fraction of sp³-hybridized carbons (Fsp3) is 0.333. The van der Waals surface area contributed by atoms with E-state index in [9.17, 15) is 0 Å². The molecule has 1 saturated carbocycles. The van der Waals surface area contributed by atoms with Crippen molar-refractivity contribution >= 4 is 17.4 Å². The van der Waals surface area contributed by atoms with Gasteiger partial charge in [0.25, 0.3) is 0 Å². The van der Waals surface area contributed by atoms with Crippen LogP contribution in [0.25, 0.3) is 6.08 Å². The first-order valence-electron chi connectivity index (χ1n) is 5.06. The molecule has 0 bridgehead atoms. The lowest BCUT2D eigenvalue weighted by Gasteiger charge is -2.33. The van der Waals surface area contributed by atoms with E-state index in [0.29, 0.717) is 5.54 Å². The molecule has 1 nitrogen and oxygen atoms in total. The number of hydrogen-bond acceptors (Lipinski definition) is 2. The predicted molar refractivity (Wildman–Crippen MR) is 58.7 cm³/mol. The Morgan fingerprint density at radius 3 is 3.36 bits per heavy atom. The van der Waals surface area contributed by atoms with Crippen molar-refractivity contribution in [3.8, 4) is 0 Å². The SMILES string of the molecule is CC1=Cc2ccsc2C23CC2C=CN13. The third-order valence-corrected chi connectivity index (χ3v) is 4.81. The van der Waals surface area contributed by atoms with Crippen molar-refractivity contribution < 1.29 is 0 Å². The third-order valence-electron chi connectivity index (χ3n) is 3.71. The molecule has 2 aliphatic heterocycles. The molecule has 3 heterocycles. The summed E-state index contributed by atoms with van der Waals surface area (Å²) >= 11 is 1.92. The van der Waals surface area contributed by atoms with Gasteiger partial charge in [0.15, 0.2) is 0 Å². The second-order valence-corrected chi connectivity index (χ2v) is 5.35. The van der Waals surface area contributed by atoms with E-state index in [0.717, 1.165) is 5.92 Å². The highest BCUT2D eigenvalue weighted by Crippen LogP contribution is 2.65. The summed E-state index contributed by atoms with van der Waals surface area (Å²) < 4.78 is 0. The van der Waals surface area contributed by atoms with Gasteiger partial charge in [0.2, 0.25) is 0 Å². The molecular formula is C12H11NS. The van der Waals surface area contributed by atoms with Crippen LogP contribution in [0.15, 0.2) is 29.4 Å². The van der Waals surface area contributed by atoms with Gasteiger partial charge in [0, 0.05) is 22.7 Å². The minimum atomic E-state index is 0.363. The Bertz CT molecular complexity index is 482. The fourth-order valence-electron chi connectivity index (χ4n) is 2.99. The molecule has 0 aromatic carbocycles. The summed E-state index contributed by atoms with van der Waals surface area (Å²) in [5, 5.41) is 2.22. The zero-order valence-corrected chi connectivity index (χ0v) is 8.84. The maximum Gasteiger partial charge on any atom is 0.0861 e. The quantitative estimate of drug-likeness (QED) is 0.623. The van der Waals surface area contributed by atoms with Crippen molar-refractivity contribution in [2.45, 2.75) is 18.9 Å². The monoisotopic (exact) mass is 201 g/mol. The molecule has 3 aliphatic rings. The summed E-state index contributed by atoms with van der Waals surface area (Å²) in [6.07, 6.45) is 8.26. The Kier molecular flexibility index (Phi) is 1.03. The van der Waals surface area contributed by atoms with E-state index in [1.807, 2.05) is 11.3 Å². The van der Waals surface area contributed by atoms with Crippen LogP contribution in [-0.2, 0) is 5.54 Å². The number of thiophene rings is 1. The minimum absolute atomic E-state index is 0.363. The summed E-state index contributed by atoms with van der Waals surface area (Å²) in [5.41, 5.74) is 3.21. The molecule has 0 N–H and O–H groups in total. The molecule has 2 unspecified atom stereocenters. The molecule has 1 fully saturated rings. The highest BCUT2D eigenvalue weighted by atomic mass is 32.1. The Hall–Kier alpha value is -1.02. The molecule has 2 atom stereocenters. The van der Waals surface area contributed by atoms with Gasteiger partial charge in [-0.3, -0.25) is 0 Å². The first kappa shape index (κ1) is 7.30. The zero-order chi connectivity index (χ0) is 9.34. The summed E-state index contributed by atoms with van der Waals surface area (Å²) in [5.74, 6) is 0.781. The summed E-state index contributed by atoms with van der Waals surface area (Å²) in [4.78, 5) is 4.05. The second kappa shape index (κ2) is 1.98. The van der Waals surface area contributed by atoms with Crippen LogP contribution in [0.2, 0.25) is 0 Å². The molecule has 1 spiro atoms. The van der Waals surface area contributed by atoms with Crippen LogP contribution in [-0.4, -0.2) is 4.90 Å². The molecule has 1 aromatic heterocycles. The van der Waals surface area contributed by atoms with Gasteiger partial charge in [-0.05, 0) is 36.4 Å². The molecule has 14 heavy (non-hydrogen) atoms. The van der Waals surface area contributed by atoms with Crippen molar-refractivity contribution in [1.82, 2.24) is 4.90 Å². The van der Waals surface area contributed by atoms with Gasteiger partial charge in [0.1, 0.15) is 0 Å². The van der Waals surface area contributed by atoms with Crippen molar-refractivity contribution in [3.63, 3.8) is 0 Å². The van der Waals surface area contributed by atoms with Crippen molar-refractivity contribution in [1.29, 1.82) is 0 Å². The van der Waals surface area contributed by atoms with Crippen LogP contribution in [0.1, 0.15) is 23.8 Å². The van der Waals surface area contributed by atoms with E-state index >= 15 is 0 Å². The molecule has 70 valence electrons. The van der Waals surface area contributed by atoms with E-state index in [2.05, 4.69) is 41.6 Å². The van der Waals surface area contributed by atoms with E-state index in [-0.39, 0.29) is 0 Å². The van der Waals surface area contributed by atoms with Gasteiger partial charge in [-0.25, -0.2) is 0 Å². The second-order valence-electron chi connectivity index (χ2n) is 4.44. The molecule has 2 heteroatoms. The lowest BCUT2D eigenvalue weighted by molar-refractivity contribution is 0.330. The van der Waals surface area contributed by atoms with Crippen molar-refractivity contribution in [2.24, 2.45) is 5.92 Å². The van der Waals surface area contributed by atoms with Gasteiger partial charge in [0.05, 0.1) is 5.54 Å². The smallest absolute Gasteiger partial charge is 0.0861 e. The molecule has 0 amide bonds. The van der Waals surface area contributed by atoms with E-state index in [1.54, 1.807) is 4.88 Å². The zero-order valence-electron chi connectivity index (χ0n) is 8.03. The molecule has 1 aliphatic carbocycles. The summed E-state index contributed by atoms with van der Waals surface area (Å²) in [6, 6.07) is 2.25. The van der Waals surface area contributed by atoms with Crippen LogP contribution in [0.5, 0.6) is 0 Å². The summed E-state index contributed by atoms with van der Waals surface area (Å²) in [7, 11) is 0. The maximum atomic E-state index is 2.47. The molecule has 1 aromatic rings. The normalized spacial score (nSPS) is 36.2. The van der Waals surface area contributed by atoms with Crippen LogP contribution in [0.3, 0.4) is 0 Å². The van der Waals surface area contributed by atoms with E-state index in [1.165, 1.54) is 17.7 Å². The Balaban J connectivity index is 2.04. The number of fused-ring (bicyclic) bond motifs is 1. The van der Waals surface area contributed by atoms with Crippen LogP contribution in [0, 0.1) is 5.92 Å². The fourth-order valence-corrected chi connectivity index (χ4v) is 4.14. The van der Waals surface area contributed by atoms with Gasteiger partial charge in [-0.1, -0.05) is 6.08 Å². The lowest BCUT2D eigenvalue weighted by Crippen LogP contribution is -2.30. The number of hydrogen-bond donors (Lipinski definition) is 0. The van der Waals surface area contributed by atoms with Crippen LogP contribution >= 0.6 is 11.3 Å². The highest BCUT2D eigenvalue weighted by Gasteiger charge is 2.63. The minimum Gasteiger partial charge on any atom is -0.340 e. The van der Waals surface area contributed by atoms with Crippen molar-refractivity contribution in [2.75, 3.05) is 0 Å². The van der Waals surface area contributed by atoms with Gasteiger partial charge in [-0.15, -0.1) is 11.3 Å². The number of allylic oxidation sites excluding steroid dienone is 1. The topological polar surface area (TPSA) is 3.24 Å². The van der Waals surface area contributed by atoms with Crippen LogP contribution < -0.4 is 0 Å². The number of rotatable bonds is 0. The lowest BCUT2D eigenvalue weighted by atomic mass is 10.0. The maximum absolute atomic E-state index is 2.47. The van der Waals surface area contributed by atoms with Gasteiger partial charge in [-0.2, -0.15) is 0 Å². The van der Waals surface area contributed by atoms with Gasteiger partial charge >= 0.3 is 0 Å². The Morgan fingerprint density at radius 2 is 2.50 bits per heavy atom. The standard InChI is InChI=1S/C12H11NS/c1-8-6-9-3-5-14-11(9)12-7-10(12)2-4-13(8)12/h2-6,10H,7H2,1H3. The first-order valence-corrected chi connectivity index (χ1v) is 5.94. The molecular weight excluding hydrogens is 190 g/mol. The molecule has 4 rings (SSSR count). The number of nitrogens with zero attached hydrogens (tertiary/aromatic N) is 1. The summed E-state index contributed by atoms with van der Waals surface area (Å²) in [6.45, 7) is 2.22. The molecule has 0 radical (unpaired) electrons. The first-order chi connectivity index (χ1) is 6.82.